The van der Waals surface area contributed by atoms with Crippen LogP contribution in [-0.4, -0.2) is 9.97 Å². The molecule has 1 unspecified atom stereocenters. The van der Waals surface area contributed by atoms with Gasteiger partial charge in [-0.2, -0.15) is 0 Å². The second-order valence-corrected chi connectivity index (χ2v) is 9.13. The molecule has 5 rings (SSSR count). The van der Waals surface area contributed by atoms with E-state index in [9.17, 15) is 0 Å². The van der Waals surface area contributed by atoms with Crippen molar-refractivity contribution in [3.63, 3.8) is 0 Å². The fourth-order valence-corrected chi connectivity index (χ4v) is 4.72. The second-order valence-electron chi connectivity index (χ2n) is 9.13. The number of hydrogen-bond acceptors (Lipinski definition) is 2. The smallest absolute Gasteiger partial charge is 0.0707 e. The first-order valence-electron chi connectivity index (χ1n) is 12.5. The van der Waals surface area contributed by atoms with E-state index in [0.717, 1.165) is 17.8 Å². The van der Waals surface area contributed by atoms with E-state index >= 15 is 0 Å². The van der Waals surface area contributed by atoms with E-state index in [1.165, 1.54) is 38.9 Å². The lowest BCUT2D eigenvalue weighted by Gasteiger charge is -2.14. The van der Waals surface area contributed by atoms with Gasteiger partial charge < -0.3 is 0 Å². The third-order valence-corrected chi connectivity index (χ3v) is 6.64. The van der Waals surface area contributed by atoms with Crippen molar-refractivity contribution >= 4 is 0 Å². The van der Waals surface area contributed by atoms with Crippen molar-refractivity contribution in [3.8, 4) is 33.6 Å². The van der Waals surface area contributed by atoms with Gasteiger partial charge >= 0.3 is 0 Å². The molecule has 2 aromatic heterocycles. The molecule has 2 heteroatoms. The van der Waals surface area contributed by atoms with Gasteiger partial charge in [-0.3, -0.25) is 9.97 Å². The van der Waals surface area contributed by atoms with Crippen LogP contribution in [0.2, 0.25) is 0 Å². The molecule has 2 heterocycles. The summed E-state index contributed by atoms with van der Waals surface area (Å²) in [6, 6.07) is 35.9. The highest BCUT2D eigenvalue weighted by atomic mass is 14.7. The molecule has 5 aromatic rings. The van der Waals surface area contributed by atoms with E-state index in [2.05, 4.69) is 116 Å². The topological polar surface area (TPSA) is 25.8 Å². The summed E-state index contributed by atoms with van der Waals surface area (Å²) < 4.78 is 0. The molecule has 2 nitrogen and oxygen atoms in total. The average Bonchev–Trinajstić information content (AvgIpc) is 2.94. The predicted molar refractivity (Wildman–Crippen MR) is 151 cm³/mol. The highest BCUT2D eigenvalue weighted by Gasteiger charge is 2.11. The molecule has 0 radical (unpaired) electrons. The van der Waals surface area contributed by atoms with E-state index in [0.29, 0.717) is 0 Å². The Morgan fingerprint density at radius 1 is 0.694 bits per heavy atom. The number of aromatic nitrogens is 2. The molecule has 0 aliphatic heterocycles. The summed E-state index contributed by atoms with van der Waals surface area (Å²) in [6.45, 7) is 4.41. The maximum absolute atomic E-state index is 4.85. The summed E-state index contributed by atoms with van der Waals surface area (Å²) >= 11 is 0. The van der Waals surface area contributed by atoms with Crippen molar-refractivity contribution in [1.29, 1.82) is 0 Å². The van der Waals surface area contributed by atoms with Crippen LogP contribution in [0.1, 0.15) is 29.5 Å². The van der Waals surface area contributed by atoms with Crippen molar-refractivity contribution in [1.82, 2.24) is 9.97 Å². The van der Waals surface area contributed by atoms with Gasteiger partial charge in [0.2, 0.25) is 0 Å². The fraction of sp³-hybridized carbons (Fsp3) is 0.118. The quantitative estimate of drug-likeness (QED) is 0.224. The van der Waals surface area contributed by atoms with Crippen molar-refractivity contribution in [2.24, 2.45) is 0 Å². The third kappa shape index (κ3) is 5.18. The van der Waals surface area contributed by atoms with Gasteiger partial charge in [-0.1, -0.05) is 104 Å². The van der Waals surface area contributed by atoms with Gasteiger partial charge in [-0.05, 0) is 59.7 Å². The van der Waals surface area contributed by atoms with E-state index in [-0.39, 0.29) is 5.92 Å². The molecular weight excluding hydrogens is 436 g/mol. The monoisotopic (exact) mass is 466 g/mol. The molecule has 0 saturated heterocycles. The summed E-state index contributed by atoms with van der Waals surface area (Å²) in [5.74, 6) is 0.279. The van der Waals surface area contributed by atoms with Crippen LogP contribution >= 0.6 is 0 Å². The molecule has 176 valence electrons. The molecular formula is C34H30N2. The second kappa shape index (κ2) is 11.0. The largest absolute Gasteiger partial charge is 0.256 e. The van der Waals surface area contributed by atoms with Gasteiger partial charge in [0.25, 0.3) is 0 Å². The molecule has 0 spiro atoms. The number of hydrogen-bond donors (Lipinski definition) is 0. The van der Waals surface area contributed by atoms with Gasteiger partial charge in [0.15, 0.2) is 0 Å². The molecule has 0 fully saturated rings. The first kappa shape index (κ1) is 23.4. The molecule has 0 aliphatic carbocycles. The Hall–Kier alpha value is -4.30. The van der Waals surface area contributed by atoms with Crippen LogP contribution in [0.15, 0.2) is 128 Å². The molecule has 0 N–H and O–H groups in total. The number of allylic oxidation sites excluding steroid dienone is 2. The predicted octanol–water partition coefficient (Wildman–Crippen LogP) is 8.69. The van der Waals surface area contributed by atoms with Crippen LogP contribution < -0.4 is 0 Å². The zero-order valence-electron chi connectivity index (χ0n) is 20.8. The van der Waals surface area contributed by atoms with Crippen molar-refractivity contribution < 1.29 is 0 Å². The number of pyridine rings is 2. The Kier molecular flexibility index (Phi) is 7.14. The van der Waals surface area contributed by atoms with Crippen LogP contribution in [0, 0.1) is 6.92 Å². The maximum atomic E-state index is 4.85. The van der Waals surface area contributed by atoms with E-state index < -0.39 is 0 Å². The van der Waals surface area contributed by atoms with E-state index in [1.807, 2.05) is 30.6 Å². The number of rotatable bonds is 7. The van der Waals surface area contributed by atoms with Crippen molar-refractivity contribution in [3.05, 3.63) is 144 Å². The molecule has 0 saturated carbocycles. The first-order chi connectivity index (χ1) is 17.7. The summed E-state index contributed by atoms with van der Waals surface area (Å²) in [7, 11) is 0. The minimum atomic E-state index is 0.279. The molecule has 1 atom stereocenters. The van der Waals surface area contributed by atoms with Gasteiger partial charge in [-0.25, -0.2) is 0 Å². The van der Waals surface area contributed by atoms with Gasteiger partial charge in [0, 0.05) is 29.1 Å². The van der Waals surface area contributed by atoms with E-state index in [1.54, 1.807) is 0 Å². The van der Waals surface area contributed by atoms with Crippen LogP contribution in [0.5, 0.6) is 0 Å². The molecule has 0 aliphatic rings. The molecule has 3 aromatic carbocycles. The fourth-order valence-electron chi connectivity index (χ4n) is 4.72. The average molecular weight is 467 g/mol. The molecule has 0 bridgehead atoms. The van der Waals surface area contributed by atoms with Gasteiger partial charge in [-0.15, -0.1) is 0 Å². The standard InChI is InChI=1S/C34H30N2/c1-25(29-18-8-9-20-31(29)33-21-10-11-22-35-33)13-12-17-27-16-6-7-19-30(27)34-23-26(2)32(24-36-34)28-14-4-3-5-15-28/h3-16,18-25H,17H2,1-2H3/b13-12+. The van der Waals surface area contributed by atoms with Gasteiger partial charge in [0.1, 0.15) is 0 Å². The summed E-state index contributed by atoms with van der Waals surface area (Å²) in [4.78, 5) is 9.42. The Labute approximate surface area is 214 Å². The van der Waals surface area contributed by atoms with Gasteiger partial charge in [0.05, 0.1) is 11.4 Å². The third-order valence-electron chi connectivity index (χ3n) is 6.64. The first-order valence-corrected chi connectivity index (χ1v) is 12.5. The molecule has 36 heavy (non-hydrogen) atoms. The lowest BCUT2D eigenvalue weighted by atomic mass is 9.92. The van der Waals surface area contributed by atoms with E-state index in [4.69, 9.17) is 4.98 Å². The van der Waals surface area contributed by atoms with Crippen LogP contribution in [0.25, 0.3) is 33.6 Å². The van der Waals surface area contributed by atoms with Crippen LogP contribution in [-0.2, 0) is 6.42 Å². The lowest BCUT2D eigenvalue weighted by molar-refractivity contribution is 0.960. The number of benzene rings is 3. The number of aryl methyl sites for hydroxylation is 1. The highest BCUT2D eigenvalue weighted by Crippen LogP contribution is 2.30. The minimum Gasteiger partial charge on any atom is -0.256 e. The molecule has 0 amide bonds. The van der Waals surface area contributed by atoms with Crippen molar-refractivity contribution in [2.45, 2.75) is 26.2 Å². The Balaban J connectivity index is 1.37. The highest BCUT2D eigenvalue weighted by molar-refractivity contribution is 5.72. The summed E-state index contributed by atoms with van der Waals surface area (Å²) in [5, 5.41) is 0. The SMILES string of the molecule is Cc1cc(-c2ccccc2C/C=C/C(C)c2ccccc2-c2ccccn2)ncc1-c1ccccc1. The van der Waals surface area contributed by atoms with Crippen LogP contribution in [0.4, 0.5) is 0 Å². The Bertz CT molecular complexity index is 1470. The minimum absolute atomic E-state index is 0.279. The Morgan fingerprint density at radius 2 is 1.42 bits per heavy atom. The lowest BCUT2D eigenvalue weighted by Crippen LogP contribution is -1.96. The zero-order chi connectivity index (χ0) is 24.7. The van der Waals surface area contributed by atoms with Crippen molar-refractivity contribution in [2.75, 3.05) is 0 Å². The number of nitrogens with zero attached hydrogens (tertiary/aromatic N) is 2. The normalized spacial score (nSPS) is 12.1. The summed E-state index contributed by atoms with van der Waals surface area (Å²) in [5.41, 5.74) is 10.6. The zero-order valence-corrected chi connectivity index (χ0v) is 20.8. The Morgan fingerprint density at radius 3 is 2.19 bits per heavy atom. The van der Waals surface area contributed by atoms with Crippen LogP contribution in [0.3, 0.4) is 0 Å². The maximum Gasteiger partial charge on any atom is 0.0707 e. The summed E-state index contributed by atoms with van der Waals surface area (Å²) in [6.07, 6.45) is 9.29.